The summed E-state index contributed by atoms with van der Waals surface area (Å²) in [5, 5.41) is 30.4. The first-order chi connectivity index (χ1) is 19.9. The van der Waals surface area contributed by atoms with Gasteiger partial charge >= 0.3 is 0 Å². The molecule has 206 valence electrons. The van der Waals surface area contributed by atoms with Crippen LogP contribution in [0.25, 0.3) is 16.8 Å². The van der Waals surface area contributed by atoms with Gasteiger partial charge in [0.1, 0.15) is 6.04 Å². The first-order valence-corrected chi connectivity index (χ1v) is 13.7. The fraction of sp³-hybridized carbons (Fsp3) is 0.281. The van der Waals surface area contributed by atoms with Crippen LogP contribution >= 0.6 is 0 Å². The number of aliphatic hydroxyl groups is 1. The van der Waals surface area contributed by atoms with Crippen LogP contribution in [-0.2, 0) is 21.4 Å². The molecule has 41 heavy (non-hydrogen) atoms. The zero-order valence-electron chi connectivity index (χ0n) is 22.7. The average molecular weight is 547 g/mol. The van der Waals surface area contributed by atoms with E-state index in [9.17, 15) is 14.7 Å². The van der Waals surface area contributed by atoms with Gasteiger partial charge in [0.25, 0.3) is 0 Å². The Morgan fingerprint density at radius 2 is 1.71 bits per heavy atom. The third-order valence-corrected chi connectivity index (χ3v) is 8.06. The maximum absolute atomic E-state index is 13.6. The van der Waals surface area contributed by atoms with Crippen molar-refractivity contribution in [1.82, 2.24) is 25.2 Å². The van der Waals surface area contributed by atoms with Crippen LogP contribution in [0.5, 0.6) is 0 Å². The molecule has 4 aromatic rings. The number of hydrogen-bond donors (Lipinski definition) is 2. The molecular weight excluding hydrogens is 516 g/mol. The second-order valence-electron chi connectivity index (χ2n) is 10.9. The lowest BCUT2D eigenvalue weighted by atomic mass is 9.90. The molecule has 3 aromatic carbocycles. The zero-order chi connectivity index (χ0) is 28.6. The highest BCUT2D eigenvalue weighted by Crippen LogP contribution is 2.49. The highest BCUT2D eigenvalue weighted by atomic mass is 16.3. The van der Waals surface area contributed by atoms with Crippen LogP contribution < -0.4 is 5.32 Å². The van der Waals surface area contributed by atoms with Crippen LogP contribution in [0.3, 0.4) is 0 Å². The van der Waals surface area contributed by atoms with Gasteiger partial charge in [-0.15, -0.1) is 5.10 Å². The molecule has 1 aliphatic heterocycles. The van der Waals surface area contributed by atoms with Crippen LogP contribution in [0.2, 0.25) is 0 Å². The van der Waals surface area contributed by atoms with E-state index in [4.69, 9.17) is 5.26 Å². The Bertz CT molecular complexity index is 1630. The summed E-state index contributed by atoms with van der Waals surface area (Å²) < 4.78 is 1.64. The second-order valence-corrected chi connectivity index (χ2v) is 10.9. The van der Waals surface area contributed by atoms with E-state index in [1.54, 1.807) is 27.9 Å². The Hall–Kier alpha value is -4.81. The minimum Gasteiger partial charge on any atom is -0.389 e. The Labute approximate surface area is 238 Å². The van der Waals surface area contributed by atoms with Gasteiger partial charge in [-0.05, 0) is 66.3 Å². The van der Waals surface area contributed by atoms with Gasteiger partial charge in [-0.25, -0.2) is 4.68 Å². The number of benzene rings is 3. The zero-order valence-corrected chi connectivity index (χ0v) is 22.7. The van der Waals surface area contributed by atoms with Gasteiger partial charge < -0.3 is 15.3 Å². The summed E-state index contributed by atoms with van der Waals surface area (Å²) in [5.74, 6) is -0.387. The molecule has 9 nitrogen and oxygen atoms in total. The molecule has 1 atom stereocenters. The molecule has 2 aliphatic rings. The SMILES string of the molecule is Cc1ccccc1C1(C(=O)NC(Cc2cn(-c3ccc(-c4ccc(C#N)cc4)cc3)nn2)C(=O)N2CC(O)C2)CC1. The first kappa shape index (κ1) is 26.4. The van der Waals surface area contributed by atoms with Gasteiger partial charge in [-0.2, -0.15) is 5.26 Å². The van der Waals surface area contributed by atoms with Gasteiger partial charge in [-0.3, -0.25) is 9.59 Å². The number of nitrogens with one attached hydrogen (secondary N) is 1. The maximum atomic E-state index is 13.6. The van der Waals surface area contributed by atoms with Crippen molar-refractivity contribution >= 4 is 11.8 Å². The summed E-state index contributed by atoms with van der Waals surface area (Å²) in [5.41, 5.74) is 5.43. The van der Waals surface area contributed by atoms with Crippen LogP contribution in [0, 0.1) is 18.3 Å². The molecule has 2 heterocycles. The first-order valence-electron chi connectivity index (χ1n) is 13.7. The predicted octanol–water partition coefficient (Wildman–Crippen LogP) is 3.08. The van der Waals surface area contributed by atoms with E-state index >= 15 is 0 Å². The van der Waals surface area contributed by atoms with Gasteiger partial charge in [0.15, 0.2) is 0 Å². The highest BCUT2D eigenvalue weighted by Gasteiger charge is 2.52. The Kier molecular flexibility index (Phi) is 6.85. The summed E-state index contributed by atoms with van der Waals surface area (Å²) >= 11 is 0. The number of amides is 2. The van der Waals surface area contributed by atoms with Crippen molar-refractivity contribution in [2.45, 2.75) is 43.7 Å². The molecule has 2 amide bonds. The normalized spacial score (nSPS) is 16.4. The van der Waals surface area contributed by atoms with Crippen molar-refractivity contribution in [3.8, 4) is 22.9 Å². The number of carbonyl (C=O) groups excluding carboxylic acids is 2. The third kappa shape index (κ3) is 5.22. The summed E-state index contributed by atoms with van der Waals surface area (Å²) in [4.78, 5) is 28.5. The number of aromatic nitrogens is 3. The number of carbonyl (C=O) groups is 2. The number of rotatable bonds is 8. The number of nitrogens with zero attached hydrogens (tertiary/aromatic N) is 5. The molecule has 1 aliphatic carbocycles. The van der Waals surface area contributed by atoms with E-state index in [1.807, 2.05) is 67.6 Å². The largest absolute Gasteiger partial charge is 0.389 e. The van der Waals surface area contributed by atoms with E-state index in [0.29, 0.717) is 11.3 Å². The lowest BCUT2D eigenvalue weighted by Crippen LogP contribution is -2.60. The molecule has 0 bridgehead atoms. The summed E-state index contributed by atoms with van der Waals surface area (Å²) in [6, 6.07) is 24.4. The Morgan fingerprint density at radius 3 is 2.32 bits per heavy atom. The van der Waals surface area contributed by atoms with Gasteiger partial charge in [0.05, 0.1) is 40.7 Å². The summed E-state index contributed by atoms with van der Waals surface area (Å²) in [6.45, 7) is 2.51. The van der Waals surface area contributed by atoms with Gasteiger partial charge in [0, 0.05) is 19.5 Å². The molecule has 6 rings (SSSR count). The molecule has 1 unspecified atom stereocenters. The smallest absolute Gasteiger partial charge is 0.245 e. The van der Waals surface area contributed by atoms with E-state index in [0.717, 1.165) is 40.8 Å². The number of hydrogen-bond acceptors (Lipinski definition) is 6. The Balaban J connectivity index is 1.19. The molecule has 1 aromatic heterocycles. The minimum atomic E-state index is -0.819. The fourth-order valence-electron chi connectivity index (χ4n) is 5.48. The number of β-amino-alcohol motifs (C(OH)–C–C–N with tert-alkyl or cyclic N) is 1. The van der Waals surface area contributed by atoms with Crippen LogP contribution in [0.1, 0.15) is 35.2 Å². The number of nitriles is 1. The van der Waals surface area contributed by atoms with Gasteiger partial charge in [0.2, 0.25) is 11.8 Å². The molecule has 9 heteroatoms. The lowest BCUT2D eigenvalue weighted by molar-refractivity contribution is -0.145. The van der Waals surface area contributed by atoms with Crippen molar-refractivity contribution in [2.24, 2.45) is 0 Å². The fourth-order valence-corrected chi connectivity index (χ4v) is 5.48. The molecule has 2 fully saturated rings. The number of likely N-dealkylation sites (tertiary alicyclic amines) is 1. The quantitative estimate of drug-likeness (QED) is 0.350. The lowest BCUT2D eigenvalue weighted by Gasteiger charge is -2.38. The van der Waals surface area contributed by atoms with Crippen LogP contribution in [0.4, 0.5) is 0 Å². The second kappa shape index (κ2) is 10.6. The standard InChI is InChI=1S/C32H30N6O3/c1-21-4-2-3-5-28(21)32(14-15-32)31(41)34-29(30(40)37-19-27(39)20-37)16-25-18-38(36-35-25)26-12-10-24(11-13-26)23-8-6-22(17-33)7-9-23/h2-13,18,27,29,39H,14-16,19-20H2,1H3,(H,34,41). The van der Waals surface area contributed by atoms with E-state index in [1.165, 1.54) is 0 Å². The molecule has 0 radical (unpaired) electrons. The molecule has 0 spiro atoms. The van der Waals surface area contributed by atoms with E-state index in [-0.39, 0.29) is 31.3 Å². The maximum Gasteiger partial charge on any atom is 0.245 e. The molecule has 2 N–H and O–H groups in total. The average Bonchev–Trinajstić information content (AvgIpc) is 3.66. The minimum absolute atomic E-state index is 0.156. The van der Waals surface area contributed by atoms with Crippen molar-refractivity contribution in [3.05, 3.63) is 101 Å². The third-order valence-electron chi connectivity index (χ3n) is 8.06. The van der Waals surface area contributed by atoms with E-state index < -0.39 is 17.6 Å². The van der Waals surface area contributed by atoms with Gasteiger partial charge in [-0.1, -0.05) is 53.7 Å². The molecule has 1 saturated heterocycles. The van der Waals surface area contributed by atoms with E-state index in [2.05, 4.69) is 21.7 Å². The summed E-state index contributed by atoms with van der Waals surface area (Å²) in [6.07, 6.45) is 2.89. The highest BCUT2D eigenvalue weighted by molar-refractivity contribution is 5.95. The topological polar surface area (TPSA) is 124 Å². The van der Waals surface area contributed by atoms with Crippen molar-refractivity contribution < 1.29 is 14.7 Å². The molecule has 1 saturated carbocycles. The Morgan fingerprint density at radius 1 is 1.05 bits per heavy atom. The summed E-state index contributed by atoms with van der Waals surface area (Å²) in [7, 11) is 0. The van der Waals surface area contributed by atoms with Crippen LogP contribution in [-0.4, -0.2) is 62.0 Å². The molecular formula is C32H30N6O3. The van der Waals surface area contributed by atoms with Crippen molar-refractivity contribution in [2.75, 3.05) is 13.1 Å². The number of aliphatic hydroxyl groups excluding tert-OH is 1. The van der Waals surface area contributed by atoms with Crippen molar-refractivity contribution in [3.63, 3.8) is 0 Å². The van der Waals surface area contributed by atoms with Crippen LogP contribution in [0.15, 0.2) is 79.0 Å². The van der Waals surface area contributed by atoms with Crippen molar-refractivity contribution in [1.29, 1.82) is 5.26 Å². The number of aryl methyl sites for hydroxylation is 1. The monoisotopic (exact) mass is 546 g/mol. The predicted molar refractivity (Wildman–Crippen MR) is 152 cm³/mol.